The van der Waals surface area contributed by atoms with Gasteiger partial charge >= 0.3 is 0 Å². The highest BCUT2D eigenvalue weighted by molar-refractivity contribution is 7.16. The van der Waals surface area contributed by atoms with Crippen LogP contribution in [0.3, 0.4) is 0 Å². The molecule has 0 aliphatic carbocycles. The second-order valence-corrected chi connectivity index (χ2v) is 5.09. The van der Waals surface area contributed by atoms with Gasteiger partial charge in [0.1, 0.15) is 0 Å². The topological polar surface area (TPSA) is 32.3 Å². The normalized spacial score (nSPS) is 24.9. The zero-order valence-electron chi connectivity index (χ0n) is 7.16. The van der Waals surface area contributed by atoms with Crippen LogP contribution in [0.25, 0.3) is 0 Å². The highest BCUT2D eigenvalue weighted by atomic mass is 35.5. The van der Waals surface area contributed by atoms with Crippen molar-refractivity contribution in [2.24, 2.45) is 5.92 Å². The lowest BCUT2D eigenvalue weighted by atomic mass is 10.0. The van der Waals surface area contributed by atoms with Crippen LogP contribution >= 0.6 is 22.9 Å². The molecule has 1 fully saturated rings. The molecular weight excluding hydrogens is 206 g/mol. The van der Waals surface area contributed by atoms with E-state index in [1.807, 2.05) is 12.1 Å². The molecule has 2 heterocycles. The molecule has 13 heavy (non-hydrogen) atoms. The van der Waals surface area contributed by atoms with Crippen molar-refractivity contribution in [2.45, 2.75) is 12.5 Å². The summed E-state index contributed by atoms with van der Waals surface area (Å²) >= 11 is 7.27. The van der Waals surface area contributed by atoms with Crippen LogP contribution in [0.5, 0.6) is 0 Å². The van der Waals surface area contributed by atoms with Gasteiger partial charge in [-0.3, -0.25) is 0 Å². The predicted octanol–water partition coefficient (Wildman–Crippen LogP) is 2.04. The number of nitrogens with one attached hydrogen (secondary N) is 1. The van der Waals surface area contributed by atoms with Crippen LogP contribution < -0.4 is 5.32 Å². The van der Waals surface area contributed by atoms with Gasteiger partial charge in [0.15, 0.2) is 0 Å². The molecule has 0 saturated carbocycles. The maximum atomic E-state index is 9.95. The second kappa shape index (κ2) is 3.96. The molecule has 1 aromatic heterocycles. The molecule has 0 aromatic carbocycles. The Bertz CT molecular complexity index is 283. The van der Waals surface area contributed by atoms with Gasteiger partial charge in [-0.15, -0.1) is 11.3 Å². The Kier molecular flexibility index (Phi) is 2.89. The number of aliphatic hydroxyl groups excluding tert-OH is 1. The lowest BCUT2D eigenvalue weighted by molar-refractivity contribution is 0.122. The fourth-order valence-corrected chi connectivity index (χ4v) is 2.81. The molecule has 2 rings (SSSR count). The van der Waals surface area contributed by atoms with Crippen molar-refractivity contribution in [3.63, 3.8) is 0 Å². The van der Waals surface area contributed by atoms with Crippen molar-refractivity contribution in [3.8, 4) is 0 Å². The minimum atomic E-state index is -0.340. The predicted molar refractivity (Wildman–Crippen MR) is 55.3 cm³/mol. The fraction of sp³-hybridized carbons (Fsp3) is 0.556. The SMILES string of the molecule is OC(c1ccc(Cl)s1)[C@@H]1CCNC1. The lowest BCUT2D eigenvalue weighted by Crippen LogP contribution is -2.15. The zero-order valence-corrected chi connectivity index (χ0v) is 8.74. The molecule has 4 heteroatoms. The first kappa shape index (κ1) is 9.46. The van der Waals surface area contributed by atoms with Gasteiger partial charge in [-0.1, -0.05) is 11.6 Å². The highest BCUT2D eigenvalue weighted by Crippen LogP contribution is 2.33. The van der Waals surface area contributed by atoms with Gasteiger partial charge in [0.05, 0.1) is 10.4 Å². The molecule has 2 atom stereocenters. The third kappa shape index (κ3) is 2.05. The van der Waals surface area contributed by atoms with Gasteiger partial charge in [-0.25, -0.2) is 0 Å². The molecule has 0 radical (unpaired) electrons. The van der Waals surface area contributed by atoms with E-state index in [0.717, 1.165) is 28.7 Å². The van der Waals surface area contributed by atoms with E-state index < -0.39 is 0 Å². The van der Waals surface area contributed by atoms with E-state index in [2.05, 4.69) is 5.32 Å². The Labute approximate surface area is 86.5 Å². The van der Waals surface area contributed by atoms with Crippen molar-refractivity contribution in [3.05, 3.63) is 21.3 Å². The number of hydrogen-bond donors (Lipinski definition) is 2. The number of thiophene rings is 1. The summed E-state index contributed by atoms with van der Waals surface area (Å²) in [5.74, 6) is 0.356. The average molecular weight is 218 g/mol. The van der Waals surface area contributed by atoms with Crippen molar-refractivity contribution >= 4 is 22.9 Å². The Morgan fingerprint density at radius 1 is 1.62 bits per heavy atom. The monoisotopic (exact) mass is 217 g/mol. The van der Waals surface area contributed by atoms with Crippen molar-refractivity contribution in [1.82, 2.24) is 5.32 Å². The first-order chi connectivity index (χ1) is 6.27. The molecule has 2 N–H and O–H groups in total. The van der Waals surface area contributed by atoms with Gasteiger partial charge in [-0.2, -0.15) is 0 Å². The van der Waals surface area contributed by atoms with E-state index in [0.29, 0.717) is 5.92 Å². The lowest BCUT2D eigenvalue weighted by Gasteiger charge is -2.14. The van der Waals surface area contributed by atoms with Crippen LogP contribution in [0.1, 0.15) is 17.4 Å². The van der Waals surface area contributed by atoms with E-state index in [1.54, 1.807) is 0 Å². The molecule has 0 spiro atoms. The Balaban J connectivity index is 2.07. The number of hydrogen-bond acceptors (Lipinski definition) is 3. The summed E-state index contributed by atoms with van der Waals surface area (Å²) in [5.41, 5.74) is 0. The van der Waals surface area contributed by atoms with Crippen LogP contribution in [-0.2, 0) is 0 Å². The van der Waals surface area contributed by atoms with E-state index >= 15 is 0 Å². The number of aliphatic hydroxyl groups is 1. The molecular formula is C9H12ClNOS. The molecule has 1 aromatic rings. The summed E-state index contributed by atoms with van der Waals surface area (Å²) in [6.45, 7) is 1.93. The quantitative estimate of drug-likeness (QED) is 0.795. The Hall–Kier alpha value is -0.0900. The molecule has 1 saturated heterocycles. The fourth-order valence-electron chi connectivity index (χ4n) is 1.67. The summed E-state index contributed by atoms with van der Waals surface area (Å²) in [4.78, 5) is 0.985. The standard InChI is InChI=1S/C9H12ClNOS/c10-8-2-1-7(13-8)9(12)6-3-4-11-5-6/h1-2,6,9,11-12H,3-5H2/t6-,9?/m1/s1. The maximum Gasteiger partial charge on any atom is 0.0932 e. The average Bonchev–Trinajstić information content (AvgIpc) is 2.72. The third-order valence-corrected chi connectivity index (χ3v) is 3.73. The first-order valence-electron chi connectivity index (χ1n) is 4.41. The molecule has 0 amide bonds. The molecule has 1 aliphatic rings. The molecule has 1 aliphatic heterocycles. The molecule has 0 bridgehead atoms. The minimum absolute atomic E-state index is 0.340. The first-order valence-corrected chi connectivity index (χ1v) is 5.61. The maximum absolute atomic E-state index is 9.95. The van der Waals surface area contributed by atoms with Crippen LogP contribution in [0.2, 0.25) is 4.34 Å². The van der Waals surface area contributed by atoms with Gasteiger partial charge in [-0.05, 0) is 25.1 Å². The molecule has 1 unspecified atom stereocenters. The highest BCUT2D eigenvalue weighted by Gasteiger charge is 2.25. The molecule has 72 valence electrons. The van der Waals surface area contributed by atoms with Gasteiger partial charge in [0, 0.05) is 17.3 Å². The van der Waals surface area contributed by atoms with Gasteiger partial charge in [0.2, 0.25) is 0 Å². The Morgan fingerprint density at radius 2 is 2.46 bits per heavy atom. The van der Waals surface area contributed by atoms with E-state index in [1.165, 1.54) is 11.3 Å². The summed E-state index contributed by atoms with van der Waals surface area (Å²) < 4.78 is 0.750. The van der Waals surface area contributed by atoms with Crippen LogP contribution in [0, 0.1) is 5.92 Å². The summed E-state index contributed by atoms with van der Waals surface area (Å²) in [6.07, 6.45) is 0.712. The summed E-state index contributed by atoms with van der Waals surface area (Å²) in [7, 11) is 0. The van der Waals surface area contributed by atoms with E-state index in [9.17, 15) is 5.11 Å². The van der Waals surface area contributed by atoms with E-state index in [4.69, 9.17) is 11.6 Å². The minimum Gasteiger partial charge on any atom is -0.387 e. The third-order valence-electron chi connectivity index (χ3n) is 2.43. The Morgan fingerprint density at radius 3 is 3.00 bits per heavy atom. The van der Waals surface area contributed by atoms with Crippen LogP contribution in [-0.4, -0.2) is 18.2 Å². The summed E-state index contributed by atoms with van der Waals surface area (Å²) in [6, 6.07) is 3.75. The van der Waals surface area contributed by atoms with Crippen molar-refractivity contribution < 1.29 is 5.11 Å². The van der Waals surface area contributed by atoms with Crippen LogP contribution in [0.4, 0.5) is 0 Å². The van der Waals surface area contributed by atoms with Crippen molar-refractivity contribution in [1.29, 1.82) is 0 Å². The second-order valence-electron chi connectivity index (χ2n) is 3.34. The van der Waals surface area contributed by atoms with Gasteiger partial charge in [0.25, 0.3) is 0 Å². The summed E-state index contributed by atoms with van der Waals surface area (Å²) in [5, 5.41) is 13.2. The largest absolute Gasteiger partial charge is 0.387 e. The van der Waals surface area contributed by atoms with Gasteiger partial charge < -0.3 is 10.4 Å². The van der Waals surface area contributed by atoms with Crippen LogP contribution in [0.15, 0.2) is 12.1 Å². The zero-order chi connectivity index (χ0) is 9.26. The molecule has 2 nitrogen and oxygen atoms in total. The van der Waals surface area contributed by atoms with Crippen molar-refractivity contribution in [2.75, 3.05) is 13.1 Å². The number of halogens is 1. The van der Waals surface area contributed by atoms with E-state index in [-0.39, 0.29) is 6.10 Å². The number of rotatable bonds is 2. The smallest absolute Gasteiger partial charge is 0.0932 e.